The molecule has 2 aromatic rings. The third-order valence-electron chi connectivity index (χ3n) is 3.94. The van der Waals surface area contributed by atoms with E-state index >= 15 is 0 Å². The lowest BCUT2D eigenvalue weighted by atomic mass is 10.1. The Hall–Kier alpha value is -2.39. The Labute approximate surface area is 165 Å². The fourth-order valence-corrected chi connectivity index (χ4v) is 4.41. The highest BCUT2D eigenvalue weighted by Crippen LogP contribution is 2.27. The van der Waals surface area contributed by atoms with Gasteiger partial charge >= 0.3 is 12.0 Å². The van der Waals surface area contributed by atoms with Gasteiger partial charge in [0.1, 0.15) is 4.34 Å². The monoisotopic (exact) mass is 405 g/mol. The van der Waals surface area contributed by atoms with E-state index in [1.165, 1.54) is 6.92 Å². The van der Waals surface area contributed by atoms with Crippen LogP contribution in [0.15, 0.2) is 34.0 Å². The van der Waals surface area contributed by atoms with E-state index in [2.05, 4.69) is 10.3 Å². The van der Waals surface area contributed by atoms with E-state index < -0.39 is 24.0 Å². The maximum atomic E-state index is 12.6. The first-order valence-electron chi connectivity index (χ1n) is 8.38. The van der Waals surface area contributed by atoms with E-state index in [-0.39, 0.29) is 6.54 Å². The van der Waals surface area contributed by atoms with Crippen LogP contribution in [0.4, 0.5) is 4.79 Å². The fraction of sp³-hybridized carbons (Fsp3) is 0.333. The Balaban J connectivity index is 1.65. The number of urea groups is 1. The summed E-state index contributed by atoms with van der Waals surface area (Å²) in [7, 11) is 0. The molecular formula is C18H19N3O4S2. The second-order valence-corrected chi connectivity index (χ2v) is 8.05. The quantitative estimate of drug-likeness (QED) is 0.587. The average molecular weight is 406 g/mol. The number of ether oxygens (including phenoxy) is 1. The normalized spacial score (nSPS) is 14.7. The van der Waals surface area contributed by atoms with Gasteiger partial charge in [0.15, 0.2) is 6.10 Å². The molecule has 3 rings (SSSR count). The number of aromatic nitrogens is 1. The number of thiazole rings is 1. The topological polar surface area (TPSA) is 88.6 Å². The van der Waals surface area contributed by atoms with Gasteiger partial charge in [0, 0.05) is 29.9 Å². The van der Waals surface area contributed by atoms with Crippen molar-refractivity contribution in [2.45, 2.75) is 30.0 Å². The second-order valence-electron chi connectivity index (χ2n) is 5.97. The molecule has 1 saturated heterocycles. The minimum Gasteiger partial charge on any atom is -0.449 e. The minimum atomic E-state index is -1.04. The van der Waals surface area contributed by atoms with Crippen molar-refractivity contribution >= 4 is 41.0 Å². The lowest BCUT2D eigenvalue weighted by molar-refractivity contribution is -0.136. The number of hydrogen-bond donors (Lipinski definition) is 1. The highest BCUT2D eigenvalue weighted by Gasteiger charge is 2.32. The molecule has 3 amide bonds. The zero-order chi connectivity index (χ0) is 19.4. The molecule has 2 heterocycles. The van der Waals surface area contributed by atoms with Crippen LogP contribution in [0.1, 0.15) is 28.5 Å². The highest BCUT2D eigenvalue weighted by molar-refractivity contribution is 8.00. The smallest absolute Gasteiger partial charge is 0.339 e. The van der Waals surface area contributed by atoms with E-state index in [4.69, 9.17) is 4.74 Å². The molecule has 1 aromatic heterocycles. The number of imide groups is 1. The highest BCUT2D eigenvalue weighted by atomic mass is 32.2. The molecule has 1 aliphatic rings. The molecule has 142 valence electrons. The number of aryl methyl sites for hydroxylation is 1. The van der Waals surface area contributed by atoms with Crippen LogP contribution in [0.2, 0.25) is 0 Å². The third kappa shape index (κ3) is 4.67. The minimum absolute atomic E-state index is 0.278. The standard InChI is InChI=1S/C18H19N3O4S2/c1-11-9-26-18(20-11)27-10-13-5-3-4-6-14(13)16(23)25-12(2)15(22)21-8-7-19-17(21)24/h3-6,9,12H,7-8,10H2,1-2H3,(H,19,24)/t12-/m0/s1. The zero-order valence-electron chi connectivity index (χ0n) is 14.9. The van der Waals surface area contributed by atoms with E-state index in [0.717, 1.165) is 20.5 Å². The van der Waals surface area contributed by atoms with Crippen LogP contribution in [0.3, 0.4) is 0 Å². The lowest BCUT2D eigenvalue weighted by Gasteiger charge is -2.18. The number of hydrogen-bond acceptors (Lipinski definition) is 7. The van der Waals surface area contributed by atoms with Crippen LogP contribution in [0, 0.1) is 6.92 Å². The van der Waals surface area contributed by atoms with Gasteiger partial charge in [0.2, 0.25) is 0 Å². The van der Waals surface area contributed by atoms with Crippen LogP contribution < -0.4 is 5.32 Å². The number of benzene rings is 1. The van der Waals surface area contributed by atoms with Crippen molar-refractivity contribution in [2.75, 3.05) is 13.1 Å². The van der Waals surface area contributed by atoms with Gasteiger partial charge in [-0.25, -0.2) is 14.6 Å². The maximum absolute atomic E-state index is 12.6. The van der Waals surface area contributed by atoms with Gasteiger partial charge in [-0.1, -0.05) is 30.0 Å². The number of carbonyl (C=O) groups excluding carboxylic acids is 3. The van der Waals surface area contributed by atoms with Crippen molar-refractivity contribution in [3.8, 4) is 0 Å². The van der Waals surface area contributed by atoms with Gasteiger partial charge in [-0.05, 0) is 25.5 Å². The van der Waals surface area contributed by atoms with Crippen molar-refractivity contribution < 1.29 is 19.1 Å². The van der Waals surface area contributed by atoms with Gasteiger partial charge in [-0.3, -0.25) is 9.69 Å². The fourth-order valence-electron chi connectivity index (χ4n) is 2.56. The molecular weight excluding hydrogens is 386 g/mol. The molecule has 0 saturated carbocycles. The molecule has 0 spiro atoms. The molecule has 1 N–H and O–H groups in total. The number of nitrogens with zero attached hydrogens (tertiary/aromatic N) is 2. The molecule has 1 fully saturated rings. The summed E-state index contributed by atoms with van der Waals surface area (Å²) in [5.74, 6) is -0.542. The molecule has 0 radical (unpaired) electrons. The van der Waals surface area contributed by atoms with Gasteiger partial charge in [0.25, 0.3) is 5.91 Å². The molecule has 0 unspecified atom stereocenters. The molecule has 27 heavy (non-hydrogen) atoms. The average Bonchev–Trinajstić information content (AvgIpc) is 3.27. The number of esters is 1. The molecule has 9 heteroatoms. The summed E-state index contributed by atoms with van der Waals surface area (Å²) in [6, 6.07) is 6.66. The number of thioether (sulfide) groups is 1. The first kappa shape index (κ1) is 19.4. The summed E-state index contributed by atoms with van der Waals surface area (Å²) < 4.78 is 6.25. The van der Waals surface area contributed by atoms with E-state index in [1.807, 2.05) is 24.4 Å². The predicted molar refractivity (Wildman–Crippen MR) is 103 cm³/mol. The number of carbonyl (C=O) groups is 3. The third-order valence-corrected chi connectivity index (χ3v) is 6.13. The Morgan fingerprint density at radius 3 is 2.85 bits per heavy atom. The summed E-state index contributed by atoms with van der Waals surface area (Å²) in [4.78, 5) is 41.9. The van der Waals surface area contributed by atoms with E-state index in [1.54, 1.807) is 35.2 Å². The number of rotatable bonds is 6. The van der Waals surface area contributed by atoms with Gasteiger partial charge < -0.3 is 10.1 Å². The zero-order valence-corrected chi connectivity index (χ0v) is 16.6. The summed E-state index contributed by atoms with van der Waals surface area (Å²) >= 11 is 3.10. The van der Waals surface area contributed by atoms with Crippen molar-refractivity contribution in [2.24, 2.45) is 0 Å². The predicted octanol–water partition coefficient (Wildman–Crippen LogP) is 2.84. The Morgan fingerprint density at radius 1 is 1.41 bits per heavy atom. The van der Waals surface area contributed by atoms with Crippen molar-refractivity contribution in [1.29, 1.82) is 0 Å². The Bertz CT molecular complexity index is 868. The first-order chi connectivity index (χ1) is 13.0. The first-order valence-corrected chi connectivity index (χ1v) is 10.2. The van der Waals surface area contributed by atoms with Gasteiger partial charge in [-0.2, -0.15) is 0 Å². The second kappa shape index (κ2) is 8.53. The summed E-state index contributed by atoms with van der Waals surface area (Å²) in [6.45, 7) is 4.09. The molecule has 1 atom stereocenters. The van der Waals surface area contributed by atoms with E-state index in [0.29, 0.717) is 17.9 Å². The molecule has 1 aliphatic heterocycles. The Kier molecular flexibility index (Phi) is 6.12. The largest absolute Gasteiger partial charge is 0.449 e. The van der Waals surface area contributed by atoms with Gasteiger partial charge in [0.05, 0.1) is 5.56 Å². The summed E-state index contributed by atoms with van der Waals surface area (Å²) in [5, 5.41) is 4.53. The maximum Gasteiger partial charge on any atom is 0.339 e. The van der Waals surface area contributed by atoms with Gasteiger partial charge in [-0.15, -0.1) is 11.3 Å². The molecule has 0 bridgehead atoms. The van der Waals surface area contributed by atoms with Crippen molar-refractivity contribution in [3.05, 3.63) is 46.5 Å². The lowest BCUT2D eigenvalue weighted by Crippen LogP contribution is -2.41. The van der Waals surface area contributed by atoms with Crippen LogP contribution >= 0.6 is 23.1 Å². The SMILES string of the molecule is Cc1csc(SCc2ccccc2C(=O)O[C@@H](C)C(=O)N2CCNC2=O)n1. The van der Waals surface area contributed by atoms with Crippen molar-refractivity contribution in [3.63, 3.8) is 0 Å². The summed E-state index contributed by atoms with van der Waals surface area (Å²) in [6.07, 6.45) is -1.04. The van der Waals surface area contributed by atoms with Crippen LogP contribution in [-0.4, -0.2) is 47.0 Å². The number of nitrogens with one attached hydrogen (secondary N) is 1. The van der Waals surface area contributed by atoms with E-state index in [9.17, 15) is 14.4 Å². The summed E-state index contributed by atoms with van der Waals surface area (Å²) in [5.41, 5.74) is 2.18. The van der Waals surface area contributed by atoms with Crippen LogP contribution in [0.25, 0.3) is 0 Å². The molecule has 0 aliphatic carbocycles. The van der Waals surface area contributed by atoms with Crippen molar-refractivity contribution in [1.82, 2.24) is 15.2 Å². The molecule has 7 nitrogen and oxygen atoms in total. The Morgan fingerprint density at radius 2 is 2.19 bits per heavy atom. The van der Waals surface area contributed by atoms with Crippen LogP contribution in [-0.2, 0) is 15.3 Å². The number of amides is 3. The molecule has 1 aromatic carbocycles. The van der Waals surface area contributed by atoms with Crippen LogP contribution in [0.5, 0.6) is 0 Å².